The van der Waals surface area contributed by atoms with Gasteiger partial charge in [0.2, 0.25) is 0 Å². The molecule has 1 amide bonds. The number of thioether (sulfide) groups is 1. The van der Waals surface area contributed by atoms with E-state index in [9.17, 15) is 9.90 Å². The quantitative estimate of drug-likeness (QED) is 0.228. The van der Waals surface area contributed by atoms with Crippen LogP contribution in [-0.4, -0.2) is 50.2 Å². The van der Waals surface area contributed by atoms with Crippen LogP contribution in [0.2, 0.25) is 0 Å². The van der Waals surface area contributed by atoms with Gasteiger partial charge in [0, 0.05) is 29.1 Å². The Morgan fingerprint density at radius 1 is 1.18 bits per heavy atom. The number of hydrogen-bond donors (Lipinski definition) is 3. The topological polar surface area (TPSA) is 91.5 Å². The van der Waals surface area contributed by atoms with Crippen LogP contribution in [0, 0.1) is 12.8 Å². The van der Waals surface area contributed by atoms with Crippen molar-refractivity contribution in [2.75, 3.05) is 29.9 Å². The van der Waals surface area contributed by atoms with Crippen molar-refractivity contribution in [1.82, 2.24) is 19.9 Å². The monoisotopic (exact) mass is 547 g/mol. The van der Waals surface area contributed by atoms with Crippen molar-refractivity contribution in [3.63, 3.8) is 0 Å². The molecule has 3 N–H and O–H groups in total. The lowest BCUT2D eigenvalue weighted by molar-refractivity contribution is 0.0953. The SMILES string of the molecule is CCCNC(=O)c1ccc(-c2cnc3c(NCC4CCSCC4)cc(Sc4cccc(O)c4)nn23)cc1C. The van der Waals surface area contributed by atoms with Crippen LogP contribution in [0.5, 0.6) is 5.75 Å². The van der Waals surface area contributed by atoms with Crippen molar-refractivity contribution >= 4 is 40.8 Å². The molecule has 4 aromatic rings. The van der Waals surface area contributed by atoms with Crippen molar-refractivity contribution in [3.8, 4) is 17.0 Å². The molecule has 3 heterocycles. The second-order valence-electron chi connectivity index (χ2n) is 9.60. The molecule has 0 radical (unpaired) electrons. The summed E-state index contributed by atoms with van der Waals surface area (Å²) in [5.41, 5.74) is 5.11. The number of nitrogens with one attached hydrogen (secondary N) is 2. The van der Waals surface area contributed by atoms with Crippen LogP contribution in [0.3, 0.4) is 0 Å². The molecule has 198 valence electrons. The third-order valence-electron chi connectivity index (χ3n) is 6.71. The van der Waals surface area contributed by atoms with Gasteiger partial charge in [0.25, 0.3) is 5.91 Å². The van der Waals surface area contributed by atoms with Gasteiger partial charge in [-0.05, 0) is 85.6 Å². The number of aromatic hydroxyl groups is 1. The molecular formula is C29H33N5O2S2. The van der Waals surface area contributed by atoms with Crippen LogP contribution >= 0.6 is 23.5 Å². The van der Waals surface area contributed by atoms with Crippen LogP contribution in [0.1, 0.15) is 42.1 Å². The van der Waals surface area contributed by atoms with Gasteiger partial charge < -0.3 is 15.7 Å². The number of nitrogens with zero attached hydrogens (tertiary/aromatic N) is 3. The number of aryl methyl sites for hydroxylation is 1. The first kappa shape index (κ1) is 26.4. The minimum Gasteiger partial charge on any atom is -0.508 e. The van der Waals surface area contributed by atoms with E-state index in [1.54, 1.807) is 12.1 Å². The molecular weight excluding hydrogens is 514 g/mol. The van der Waals surface area contributed by atoms with Crippen LogP contribution in [0.15, 0.2) is 64.6 Å². The second-order valence-corrected chi connectivity index (χ2v) is 11.9. The maximum absolute atomic E-state index is 12.6. The number of fused-ring (bicyclic) bond motifs is 1. The number of hydrogen-bond acceptors (Lipinski definition) is 7. The van der Waals surface area contributed by atoms with Crippen molar-refractivity contribution in [2.45, 2.75) is 43.0 Å². The van der Waals surface area contributed by atoms with E-state index in [0.717, 1.165) is 51.0 Å². The van der Waals surface area contributed by atoms with Crippen LogP contribution in [-0.2, 0) is 0 Å². The van der Waals surface area contributed by atoms with Gasteiger partial charge in [-0.25, -0.2) is 9.50 Å². The Balaban J connectivity index is 1.50. The molecule has 0 saturated carbocycles. The number of carbonyl (C=O) groups excluding carboxylic acids is 1. The summed E-state index contributed by atoms with van der Waals surface area (Å²) >= 11 is 3.53. The Morgan fingerprint density at radius 2 is 2.03 bits per heavy atom. The zero-order valence-electron chi connectivity index (χ0n) is 21.7. The Labute approximate surface area is 231 Å². The van der Waals surface area contributed by atoms with Crippen LogP contribution < -0.4 is 10.6 Å². The summed E-state index contributed by atoms with van der Waals surface area (Å²) in [6, 6.07) is 15.1. The molecule has 0 spiro atoms. The summed E-state index contributed by atoms with van der Waals surface area (Å²) in [5.74, 6) is 3.26. The largest absolute Gasteiger partial charge is 0.508 e. The number of aromatic nitrogens is 3. The number of benzene rings is 2. The highest BCUT2D eigenvalue weighted by Gasteiger charge is 2.18. The summed E-state index contributed by atoms with van der Waals surface area (Å²) < 4.78 is 1.88. The van der Waals surface area contributed by atoms with E-state index in [-0.39, 0.29) is 11.7 Å². The van der Waals surface area contributed by atoms with Gasteiger partial charge >= 0.3 is 0 Å². The maximum atomic E-state index is 12.6. The lowest BCUT2D eigenvalue weighted by atomic mass is 10.0. The van der Waals surface area contributed by atoms with E-state index in [2.05, 4.69) is 10.6 Å². The van der Waals surface area contributed by atoms with Crippen LogP contribution in [0.25, 0.3) is 16.9 Å². The van der Waals surface area contributed by atoms with Gasteiger partial charge in [0.15, 0.2) is 5.65 Å². The van der Waals surface area contributed by atoms with Gasteiger partial charge in [-0.15, -0.1) is 0 Å². The average molecular weight is 548 g/mol. The number of amides is 1. The van der Waals surface area contributed by atoms with E-state index >= 15 is 0 Å². The van der Waals surface area contributed by atoms with E-state index in [4.69, 9.17) is 10.1 Å². The van der Waals surface area contributed by atoms with Crippen molar-refractivity contribution in [1.29, 1.82) is 0 Å². The minimum atomic E-state index is -0.0513. The molecule has 38 heavy (non-hydrogen) atoms. The Hall–Kier alpha value is -3.17. The number of phenols is 1. The van der Waals surface area contributed by atoms with Gasteiger partial charge in [-0.2, -0.15) is 16.9 Å². The predicted molar refractivity (Wildman–Crippen MR) is 157 cm³/mol. The van der Waals surface area contributed by atoms with Crippen molar-refractivity contribution < 1.29 is 9.90 Å². The van der Waals surface area contributed by atoms with Crippen molar-refractivity contribution in [3.05, 3.63) is 65.9 Å². The van der Waals surface area contributed by atoms with E-state index in [1.807, 2.05) is 72.7 Å². The van der Waals surface area contributed by atoms with E-state index < -0.39 is 0 Å². The Kier molecular flexibility index (Phi) is 8.44. The van der Waals surface area contributed by atoms with Gasteiger partial charge in [-0.3, -0.25) is 4.79 Å². The highest BCUT2D eigenvalue weighted by Crippen LogP contribution is 2.33. The molecule has 1 aliphatic heterocycles. The number of anilines is 1. The molecule has 5 rings (SSSR count). The fraction of sp³-hybridized carbons (Fsp3) is 0.345. The highest BCUT2D eigenvalue weighted by atomic mass is 32.2. The number of carbonyl (C=O) groups is 1. The zero-order valence-corrected chi connectivity index (χ0v) is 23.4. The first-order valence-corrected chi connectivity index (χ1v) is 15.1. The van der Waals surface area contributed by atoms with Crippen LogP contribution in [0.4, 0.5) is 5.69 Å². The summed E-state index contributed by atoms with van der Waals surface area (Å²) in [4.78, 5) is 18.2. The fourth-order valence-electron chi connectivity index (χ4n) is 4.61. The van der Waals surface area contributed by atoms with E-state index in [0.29, 0.717) is 18.0 Å². The summed E-state index contributed by atoms with van der Waals surface area (Å²) in [5, 5.41) is 22.3. The zero-order chi connectivity index (χ0) is 26.5. The first-order valence-electron chi connectivity index (χ1n) is 13.1. The molecule has 1 aliphatic rings. The normalized spacial score (nSPS) is 14.1. The fourth-order valence-corrected chi connectivity index (χ4v) is 6.68. The summed E-state index contributed by atoms with van der Waals surface area (Å²) in [6.07, 6.45) is 5.19. The molecule has 0 unspecified atom stereocenters. The third-order valence-corrected chi connectivity index (χ3v) is 8.66. The van der Waals surface area contributed by atoms with E-state index in [1.165, 1.54) is 36.1 Å². The number of rotatable bonds is 9. The molecule has 0 atom stereocenters. The van der Waals surface area contributed by atoms with Gasteiger partial charge in [0.1, 0.15) is 10.8 Å². The molecule has 0 aliphatic carbocycles. The minimum absolute atomic E-state index is 0.0513. The molecule has 1 fully saturated rings. The number of phenolic OH excluding ortho intramolecular Hbond substituents is 1. The van der Waals surface area contributed by atoms with Gasteiger partial charge in [0.05, 0.1) is 17.6 Å². The number of imidazole rings is 1. The third kappa shape index (κ3) is 6.10. The highest BCUT2D eigenvalue weighted by molar-refractivity contribution is 7.99. The average Bonchev–Trinajstić information content (AvgIpc) is 3.35. The first-order chi connectivity index (χ1) is 18.5. The summed E-state index contributed by atoms with van der Waals surface area (Å²) in [6.45, 7) is 5.56. The second kappa shape index (κ2) is 12.1. The van der Waals surface area contributed by atoms with Crippen molar-refractivity contribution in [2.24, 2.45) is 5.92 Å². The lowest BCUT2D eigenvalue weighted by Crippen LogP contribution is -2.24. The Bertz CT molecular complexity index is 1430. The maximum Gasteiger partial charge on any atom is 0.251 e. The van der Waals surface area contributed by atoms with Gasteiger partial charge in [-0.1, -0.05) is 30.8 Å². The molecule has 7 nitrogen and oxygen atoms in total. The molecule has 2 aromatic heterocycles. The molecule has 9 heteroatoms. The molecule has 1 saturated heterocycles. The standard InChI is InChI=1S/C29H33N5O2S2/c1-3-11-30-29(36)24-8-7-21(14-19(24)2)26-18-32-28-25(31-17-20-9-12-37-13-10-20)16-27(33-34(26)28)38-23-6-4-5-22(35)15-23/h4-8,14-16,18,20,31,35H,3,9-13,17H2,1-2H3,(H,30,36). The smallest absolute Gasteiger partial charge is 0.251 e. The Morgan fingerprint density at radius 3 is 2.79 bits per heavy atom. The lowest BCUT2D eigenvalue weighted by Gasteiger charge is -2.22. The molecule has 0 bridgehead atoms. The summed E-state index contributed by atoms with van der Waals surface area (Å²) in [7, 11) is 0. The molecule has 2 aromatic carbocycles. The predicted octanol–water partition coefficient (Wildman–Crippen LogP) is 6.26.